The number of anilines is 1. The van der Waals surface area contributed by atoms with E-state index in [0.29, 0.717) is 21.7 Å². The summed E-state index contributed by atoms with van der Waals surface area (Å²) in [4.78, 5) is 40.6. The number of carbonyl (C=O) groups is 1. The molecule has 2 heterocycles. The molecule has 0 saturated heterocycles. The maximum atomic E-state index is 13.2. The van der Waals surface area contributed by atoms with Crippen molar-refractivity contribution in [2.45, 2.75) is 6.54 Å². The Hall–Kier alpha value is -4.04. The van der Waals surface area contributed by atoms with E-state index in [-0.39, 0.29) is 17.8 Å². The molecule has 2 aromatic carbocycles. The Morgan fingerprint density at radius 1 is 1.10 bits per heavy atom. The summed E-state index contributed by atoms with van der Waals surface area (Å²) < 4.78 is 1.43. The molecule has 0 saturated carbocycles. The minimum absolute atomic E-state index is 0.0622. The molecule has 0 radical (unpaired) electrons. The summed E-state index contributed by atoms with van der Waals surface area (Å²) in [6.07, 6.45) is 1.58. The van der Waals surface area contributed by atoms with E-state index in [4.69, 9.17) is 11.6 Å². The van der Waals surface area contributed by atoms with E-state index in [1.807, 2.05) is 0 Å². The third-order valence-corrected chi connectivity index (χ3v) is 4.93. The molecule has 0 atom stereocenters. The number of nitro groups is 1. The van der Waals surface area contributed by atoms with Gasteiger partial charge in [-0.1, -0.05) is 23.7 Å². The Balaban J connectivity index is 1.73. The van der Waals surface area contributed by atoms with Crippen molar-refractivity contribution in [2.24, 2.45) is 0 Å². The second-order valence-electron chi connectivity index (χ2n) is 6.75. The average molecular weight is 435 g/mol. The van der Waals surface area contributed by atoms with Crippen LogP contribution in [0, 0.1) is 10.1 Å². The fraction of sp³-hybridized carbons (Fsp3) is 0.0455. The van der Waals surface area contributed by atoms with E-state index >= 15 is 0 Å². The summed E-state index contributed by atoms with van der Waals surface area (Å²) in [6.45, 7) is 0.210. The van der Waals surface area contributed by atoms with Crippen molar-refractivity contribution < 1.29 is 9.72 Å². The lowest BCUT2D eigenvalue weighted by Gasteiger charge is -2.12. The highest BCUT2D eigenvalue weighted by Gasteiger charge is 2.17. The Labute approximate surface area is 180 Å². The lowest BCUT2D eigenvalue weighted by atomic mass is 10.1. The number of fused-ring (bicyclic) bond motifs is 1. The summed E-state index contributed by atoms with van der Waals surface area (Å²) >= 11 is 5.94. The first-order chi connectivity index (χ1) is 14.9. The van der Waals surface area contributed by atoms with E-state index in [0.717, 1.165) is 5.56 Å². The van der Waals surface area contributed by atoms with Gasteiger partial charge in [0.1, 0.15) is 11.2 Å². The predicted molar refractivity (Wildman–Crippen MR) is 118 cm³/mol. The molecular weight excluding hydrogens is 420 g/mol. The zero-order valence-electron chi connectivity index (χ0n) is 16.0. The number of benzene rings is 2. The van der Waals surface area contributed by atoms with Gasteiger partial charge in [-0.15, -0.1) is 0 Å². The number of pyridine rings is 2. The normalized spacial score (nSPS) is 10.7. The van der Waals surface area contributed by atoms with Crippen molar-refractivity contribution in [3.05, 3.63) is 110 Å². The summed E-state index contributed by atoms with van der Waals surface area (Å²) in [5.74, 6) is -0.616. The largest absolute Gasteiger partial charge is 0.322 e. The molecule has 4 aromatic rings. The number of non-ortho nitro benzene ring substituents is 1. The number of hydrogen-bond donors (Lipinski definition) is 1. The van der Waals surface area contributed by atoms with Crippen molar-refractivity contribution in [1.29, 1.82) is 0 Å². The van der Waals surface area contributed by atoms with Gasteiger partial charge in [0.25, 0.3) is 17.2 Å². The number of nitrogens with zero attached hydrogens (tertiary/aromatic N) is 3. The van der Waals surface area contributed by atoms with Gasteiger partial charge in [0.05, 0.1) is 11.5 Å². The molecule has 9 heteroatoms. The van der Waals surface area contributed by atoms with Gasteiger partial charge in [-0.25, -0.2) is 4.98 Å². The fourth-order valence-electron chi connectivity index (χ4n) is 3.15. The van der Waals surface area contributed by atoms with Crippen molar-refractivity contribution in [3.8, 4) is 0 Å². The van der Waals surface area contributed by atoms with E-state index in [9.17, 15) is 19.7 Å². The lowest BCUT2D eigenvalue weighted by molar-refractivity contribution is -0.384. The quantitative estimate of drug-likeness (QED) is 0.373. The molecule has 0 spiro atoms. The number of rotatable bonds is 5. The summed E-state index contributed by atoms with van der Waals surface area (Å²) in [6, 6.07) is 17.4. The zero-order valence-corrected chi connectivity index (χ0v) is 16.7. The number of hydrogen-bond acceptors (Lipinski definition) is 5. The Morgan fingerprint density at radius 2 is 1.81 bits per heavy atom. The molecule has 8 nitrogen and oxygen atoms in total. The first-order valence-corrected chi connectivity index (χ1v) is 9.59. The second-order valence-corrected chi connectivity index (χ2v) is 7.19. The van der Waals surface area contributed by atoms with Crippen LogP contribution in [-0.2, 0) is 6.54 Å². The SMILES string of the molecule is O=C(Nc1ccc([N+](=O)[O-])cc1)c1cc2cccnc2n(Cc2ccc(Cl)cc2)c1=O. The van der Waals surface area contributed by atoms with Crippen molar-refractivity contribution >= 4 is 39.9 Å². The van der Waals surface area contributed by atoms with Crippen LogP contribution < -0.4 is 10.9 Å². The van der Waals surface area contributed by atoms with E-state index < -0.39 is 16.4 Å². The highest BCUT2D eigenvalue weighted by atomic mass is 35.5. The topological polar surface area (TPSA) is 107 Å². The van der Waals surface area contributed by atoms with E-state index in [1.165, 1.54) is 34.9 Å². The van der Waals surface area contributed by atoms with Crippen LogP contribution >= 0.6 is 11.6 Å². The Morgan fingerprint density at radius 3 is 2.48 bits per heavy atom. The number of amides is 1. The maximum Gasteiger partial charge on any atom is 0.269 e. The van der Waals surface area contributed by atoms with Crippen LogP contribution in [0.2, 0.25) is 5.02 Å². The van der Waals surface area contributed by atoms with Crippen molar-refractivity contribution in [2.75, 3.05) is 5.32 Å². The summed E-state index contributed by atoms with van der Waals surface area (Å²) in [5, 5.41) is 14.6. The molecule has 4 rings (SSSR count). The van der Waals surface area contributed by atoms with E-state index in [1.54, 1.807) is 42.6 Å². The summed E-state index contributed by atoms with van der Waals surface area (Å²) in [7, 11) is 0. The van der Waals surface area contributed by atoms with Gasteiger partial charge in [0.2, 0.25) is 0 Å². The van der Waals surface area contributed by atoms with Gasteiger partial charge in [-0.2, -0.15) is 0 Å². The van der Waals surface area contributed by atoms with Crippen molar-refractivity contribution in [1.82, 2.24) is 9.55 Å². The van der Waals surface area contributed by atoms with Crippen LogP contribution in [0.15, 0.2) is 77.7 Å². The molecule has 0 bridgehead atoms. The number of nitro benzene ring substituents is 1. The predicted octanol–water partition coefficient (Wildman–Crippen LogP) is 4.26. The highest BCUT2D eigenvalue weighted by molar-refractivity contribution is 6.30. The van der Waals surface area contributed by atoms with Gasteiger partial charge in [0, 0.05) is 34.4 Å². The number of halogens is 1. The molecule has 1 amide bonds. The van der Waals surface area contributed by atoms with Crippen LogP contribution in [-0.4, -0.2) is 20.4 Å². The van der Waals surface area contributed by atoms with Gasteiger partial charge in [-0.3, -0.25) is 24.3 Å². The average Bonchev–Trinajstić information content (AvgIpc) is 2.77. The van der Waals surface area contributed by atoms with Crippen LogP contribution in [0.1, 0.15) is 15.9 Å². The maximum absolute atomic E-state index is 13.2. The molecule has 154 valence electrons. The molecule has 0 aliphatic heterocycles. The highest BCUT2D eigenvalue weighted by Crippen LogP contribution is 2.18. The number of nitrogens with one attached hydrogen (secondary N) is 1. The first-order valence-electron chi connectivity index (χ1n) is 9.21. The van der Waals surface area contributed by atoms with Gasteiger partial charge in [-0.05, 0) is 48.0 Å². The molecule has 1 N–H and O–H groups in total. The zero-order chi connectivity index (χ0) is 22.0. The van der Waals surface area contributed by atoms with Crippen molar-refractivity contribution in [3.63, 3.8) is 0 Å². The minimum Gasteiger partial charge on any atom is -0.322 e. The first kappa shape index (κ1) is 20.2. The third-order valence-electron chi connectivity index (χ3n) is 4.68. The third kappa shape index (κ3) is 4.29. The monoisotopic (exact) mass is 434 g/mol. The molecule has 2 aromatic heterocycles. The van der Waals surface area contributed by atoms with Crippen LogP contribution in [0.25, 0.3) is 11.0 Å². The molecular formula is C22H15ClN4O4. The van der Waals surface area contributed by atoms with E-state index in [2.05, 4.69) is 10.3 Å². The number of aromatic nitrogens is 2. The van der Waals surface area contributed by atoms with Crippen LogP contribution in [0.5, 0.6) is 0 Å². The van der Waals surface area contributed by atoms with Gasteiger partial charge < -0.3 is 5.32 Å². The minimum atomic E-state index is -0.616. The van der Waals surface area contributed by atoms with Crippen LogP contribution in [0.3, 0.4) is 0 Å². The Bertz CT molecular complexity index is 1350. The molecule has 31 heavy (non-hydrogen) atoms. The second kappa shape index (κ2) is 8.37. The molecule has 0 aliphatic carbocycles. The lowest BCUT2D eigenvalue weighted by Crippen LogP contribution is -2.30. The smallest absolute Gasteiger partial charge is 0.269 e. The fourth-order valence-corrected chi connectivity index (χ4v) is 3.28. The standard InChI is InChI=1S/C22H15ClN4O4/c23-16-5-3-14(4-6-16)13-26-20-15(2-1-11-24-20)12-19(22(26)29)21(28)25-17-7-9-18(10-8-17)27(30)31/h1-12H,13H2,(H,25,28). The molecule has 0 aliphatic rings. The van der Waals surface area contributed by atoms with Crippen LogP contribution in [0.4, 0.5) is 11.4 Å². The van der Waals surface area contributed by atoms with Gasteiger partial charge >= 0.3 is 0 Å². The molecule has 0 fully saturated rings. The van der Waals surface area contributed by atoms with Gasteiger partial charge in [0.15, 0.2) is 0 Å². The summed E-state index contributed by atoms with van der Waals surface area (Å²) in [5.41, 5.74) is 0.958. The molecule has 0 unspecified atom stereocenters. The number of carbonyl (C=O) groups excluding carboxylic acids is 1. The Kier molecular flexibility index (Phi) is 5.46.